The number of nitrogens with one attached hydrogen (secondary N) is 1. The second-order valence-electron chi connectivity index (χ2n) is 3.52. The number of hydrogen-bond donors (Lipinski definition) is 2. The summed E-state index contributed by atoms with van der Waals surface area (Å²) in [5.41, 5.74) is -1.78. The van der Waals surface area contributed by atoms with E-state index in [1.54, 1.807) is 0 Å². The molecule has 106 valence electrons. The predicted octanol–water partition coefficient (Wildman–Crippen LogP) is -1.65. The van der Waals surface area contributed by atoms with Gasteiger partial charge in [-0.2, -0.15) is 13.7 Å². The minimum absolute atomic E-state index is 0.0716. The number of amides is 2. The van der Waals surface area contributed by atoms with Gasteiger partial charge in [-0.3, -0.25) is 14.1 Å². The van der Waals surface area contributed by atoms with Crippen LogP contribution >= 0.6 is 11.8 Å². The van der Waals surface area contributed by atoms with E-state index >= 15 is 0 Å². The summed E-state index contributed by atoms with van der Waals surface area (Å²) in [5, 5.41) is 10.5. The number of ether oxygens (including phenoxy) is 1. The fourth-order valence-electron chi connectivity index (χ4n) is 1.38. The summed E-state index contributed by atoms with van der Waals surface area (Å²) < 4.78 is 35.3. The smallest absolute Gasteiger partial charge is 0.349 e. The number of methoxy groups -OCH3 is 1. The van der Waals surface area contributed by atoms with Gasteiger partial charge in [0.1, 0.15) is 0 Å². The lowest BCUT2D eigenvalue weighted by Crippen LogP contribution is -2.76. The van der Waals surface area contributed by atoms with Crippen molar-refractivity contribution in [2.24, 2.45) is 0 Å². The summed E-state index contributed by atoms with van der Waals surface area (Å²) in [6.07, 6.45) is 0. The molecule has 1 saturated heterocycles. The largest absolute Gasteiger partial charge is 0.362 e. The molecular formula is C8H11N3O6S2. The summed E-state index contributed by atoms with van der Waals surface area (Å²) >= 11 is 1.03. The Kier molecular flexibility index (Phi) is 4.75. The van der Waals surface area contributed by atoms with E-state index in [0.29, 0.717) is 0 Å². The first-order chi connectivity index (χ1) is 8.77. The van der Waals surface area contributed by atoms with Gasteiger partial charge in [0.15, 0.2) is 0 Å². The minimum Gasteiger partial charge on any atom is -0.349 e. The summed E-state index contributed by atoms with van der Waals surface area (Å²) in [4.78, 5) is 23.1. The molecule has 19 heavy (non-hydrogen) atoms. The van der Waals surface area contributed by atoms with Gasteiger partial charge in [-0.05, 0) is 0 Å². The van der Waals surface area contributed by atoms with Crippen LogP contribution in [0.15, 0.2) is 0 Å². The summed E-state index contributed by atoms with van der Waals surface area (Å²) in [5.74, 6) is -1.61. The lowest BCUT2D eigenvalue weighted by molar-refractivity contribution is -0.179. The monoisotopic (exact) mass is 309 g/mol. The predicted molar refractivity (Wildman–Crippen MR) is 64.1 cm³/mol. The summed E-state index contributed by atoms with van der Waals surface area (Å²) in [7, 11) is -3.52. The van der Waals surface area contributed by atoms with Crippen LogP contribution in [0.2, 0.25) is 0 Å². The first kappa shape index (κ1) is 15.7. The molecule has 1 fully saturated rings. The van der Waals surface area contributed by atoms with Gasteiger partial charge in [-0.1, -0.05) is 0 Å². The highest BCUT2D eigenvalue weighted by Gasteiger charge is 2.58. The Hall–Kier alpha value is -1.35. The molecule has 2 amide bonds. The standard InChI is InChI=1S/C8H11N3O6S2/c1-17-8(10-6(12)4-18-3-2-9)5-11(7(8)13)19(14,15)16/h3-5H2,1H3,(H,10,12)(H,14,15,16). The third-order valence-electron chi connectivity index (χ3n) is 2.31. The number of carbonyl (C=O) groups excluding carboxylic acids is 2. The second-order valence-corrected chi connectivity index (χ2v) is 5.84. The summed E-state index contributed by atoms with van der Waals surface area (Å²) in [6, 6.07) is 1.83. The summed E-state index contributed by atoms with van der Waals surface area (Å²) in [6.45, 7) is -0.504. The molecule has 0 bridgehead atoms. The first-order valence-electron chi connectivity index (χ1n) is 4.87. The second kappa shape index (κ2) is 5.74. The van der Waals surface area contributed by atoms with Crippen LogP contribution in [0.5, 0.6) is 0 Å². The van der Waals surface area contributed by atoms with Gasteiger partial charge >= 0.3 is 10.3 Å². The quantitative estimate of drug-likeness (QED) is 0.257. The zero-order chi connectivity index (χ0) is 14.7. The van der Waals surface area contributed by atoms with Crippen LogP contribution < -0.4 is 5.32 Å². The van der Waals surface area contributed by atoms with E-state index < -0.39 is 34.4 Å². The Morgan fingerprint density at radius 1 is 1.74 bits per heavy atom. The maximum absolute atomic E-state index is 11.6. The van der Waals surface area contributed by atoms with Gasteiger partial charge in [0.05, 0.1) is 24.1 Å². The molecule has 0 aromatic carbocycles. The Balaban J connectivity index is 2.64. The number of thioether (sulfide) groups is 1. The molecule has 1 heterocycles. The van der Waals surface area contributed by atoms with E-state index in [1.807, 2.05) is 6.07 Å². The van der Waals surface area contributed by atoms with Crippen molar-refractivity contribution in [3.8, 4) is 6.07 Å². The molecule has 0 saturated carbocycles. The van der Waals surface area contributed by atoms with Crippen LogP contribution in [0.4, 0.5) is 0 Å². The average molecular weight is 309 g/mol. The number of β-lactam (4-membered cyclic amide) rings is 1. The fraction of sp³-hybridized carbons (Fsp3) is 0.625. The highest BCUT2D eigenvalue weighted by atomic mass is 32.2. The highest BCUT2D eigenvalue weighted by Crippen LogP contribution is 2.26. The lowest BCUT2D eigenvalue weighted by Gasteiger charge is -2.44. The third kappa shape index (κ3) is 3.35. The van der Waals surface area contributed by atoms with Crippen LogP contribution in [0.3, 0.4) is 0 Å². The maximum atomic E-state index is 11.6. The average Bonchev–Trinajstić information content (AvgIpc) is 2.32. The molecule has 1 aliphatic rings. The Morgan fingerprint density at radius 3 is 2.79 bits per heavy atom. The van der Waals surface area contributed by atoms with Gasteiger partial charge in [-0.25, -0.2) is 4.31 Å². The number of hydrogen-bond acceptors (Lipinski definition) is 7. The van der Waals surface area contributed by atoms with E-state index in [2.05, 4.69) is 5.32 Å². The third-order valence-corrected chi connectivity index (χ3v) is 3.96. The van der Waals surface area contributed by atoms with Crippen molar-refractivity contribution in [3.63, 3.8) is 0 Å². The number of rotatable bonds is 6. The van der Waals surface area contributed by atoms with Crippen molar-refractivity contribution in [2.45, 2.75) is 5.72 Å². The molecule has 1 unspecified atom stereocenters. The van der Waals surface area contributed by atoms with Crippen LogP contribution in [0.25, 0.3) is 0 Å². The van der Waals surface area contributed by atoms with Crippen LogP contribution in [-0.4, -0.2) is 60.0 Å². The first-order valence-corrected chi connectivity index (χ1v) is 7.42. The van der Waals surface area contributed by atoms with Crippen LogP contribution in [0.1, 0.15) is 0 Å². The van der Waals surface area contributed by atoms with Crippen molar-refractivity contribution >= 4 is 33.9 Å². The fourth-order valence-corrected chi connectivity index (χ4v) is 2.54. The highest BCUT2D eigenvalue weighted by molar-refractivity contribution is 8.00. The molecule has 2 N–H and O–H groups in total. The SMILES string of the molecule is COC1(NC(=O)CSCC#N)CN(S(=O)(=O)O)C1=O. The molecule has 1 rings (SSSR count). The topological polar surface area (TPSA) is 137 Å². The van der Waals surface area contributed by atoms with Crippen molar-refractivity contribution in [2.75, 3.05) is 25.2 Å². The van der Waals surface area contributed by atoms with E-state index in [1.165, 1.54) is 0 Å². The van der Waals surface area contributed by atoms with E-state index in [-0.39, 0.29) is 15.8 Å². The molecule has 0 spiro atoms. The van der Waals surface area contributed by atoms with E-state index in [0.717, 1.165) is 18.9 Å². The van der Waals surface area contributed by atoms with Gasteiger partial charge in [0.2, 0.25) is 11.6 Å². The zero-order valence-electron chi connectivity index (χ0n) is 9.82. The van der Waals surface area contributed by atoms with E-state index in [4.69, 9.17) is 14.6 Å². The van der Waals surface area contributed by atoms with Gasteiger partial charge in [0, 0.05) is 7.11 Å². The zero-order valence-corrected chi connectivity index (χ0v) is 11.5. The van der Waals surface area contributed by atoms with Crippen LogP contribution in [0, 0.1) is 11.3 Å². The normalized spacial score (nSPS) is 22.6. The van der Waals surface area contributed by atoms with Crippen molar-refractivity contribution in [3.05, 3.63) is 0 Å². The molecule has 9 nitrogen and oxygen atoms in total. The molecule has 0 aliphatic carbocycles. The molecule has 0 aromatic rings. The Morgan fingerprint density at radius 2 is 2.37 bits per heavy atom. The number of carbonyl (C=O) groups is 2. The lowest BCUT2D eigenvalue weighted by atomic mass is 10.1. The van der Waals surface area contributed by atoms with Crippen molar-refractivity contribution in [1.82, 2.24) is 9.62 Å². The minimum atomic E-state index is -4.65. The molecule has 0 aromatic heterocycles. The van der Waals surface area contributed by atoms with Gasteiger partial charge in [-0.15, -0.1) is 11.8 Å². The Labute approximate surface area is 113 Å². The van der Waals surface area contributed by atoms with E-state index in [9.17, 15) is 18.0 Å². The van der Waals surface area contributed by atoms with Crippen LogP contribution in [-0.2, 0) is 24.6 Å². The molecule has 11 heteroatoms. The van der Waals surface area contributed by atoms with Crippen molar-refractivity contribution in [1.29, 1.82) is 5.26 Å². The number of nitrogens with zero attached hydrogens (tertiary/aromatic N) is 2. The van der Waals surface area contributed by atoms with Gasteiger partial charge in [0.25, 0.3) is 5.91 Å². The molecule has 1 aliphatic heterocycles. The Bertz CT molecular complexity index is 527. The van der Waals surface area contributed by atoms with Crippen molar-refractivity contribution < 1.29 is 27.3 Å². The molecular weight excluding hydrogens is 298 g/mol. The molecule has 1 atom stereocenters. The number of nitriles is 1. The molecule has 0 radical (unpaired) electrons. The maximum Gasteiger partial charge on any atom is 0.362 e. The van der Waals surface area contributed by atoms with Gasteiger partial charge < -0.3 is 10.1 Å².